The minimum absolute atomic E-state index is 0.154. The lowest BCUT2D eigenvalue weighted by Gasteiger charge is -2.06. The minimum Gasteiger partial charge on any atom is -0.423 e. The van der Waals surface area contributed by atoms with E-state index in [1.54, 1.807) is 47.7 Å². The quantitative estimate of drug-likeness (QED) is 0.545. The first kappa shape index (κ1) is 17.8. The van der Waals surface area contributed by atoms with Crippen LogP contribution in [-0.4, -0.2) is 23.4 Å². The molecule has 0 aliphatic carbocycles. The molecule has 0 bridgehead atoms. The maximum atomic E-state index is 12.3. The van der Waals surface area contributed by atoms with Gasteiger partial charge >= 0.3 is 5.97 Å². The van der Waals surface area contributed by atoms with Crippen LogP contribution in [0.15, 0.2) is 53.9 Å². The lowest BCUT2D eigenvalue weighted by atomic mass is 10.1. The molecule has 0 spiro atoms. The van der Waals surface area contributed by atoms with Gasteiger partial charge in [-0.2, -0.15) is 0 Å². The van der Waals surface area contributed by atoms with E-state index >= 15 is 0 Å². The lowest BCUT2D eigenvalue weighted by molar-refractivity contribution is 0.0734. The number of thiazole rings is 1. The number of ether oxygens (including phenoxy) is 1. The number of rotatable bonds is 5. The molecule has 0 fully saturated rings. The van der Waals surface area contributed by atoms with Crippen molar-refractivity contribution in [1.29, 1.82) is 0 Å². The monoisotopic (exact) mass is 366 g/mol. The van der Waals surface area contributed by atoms with Crippen molar-refractivity contribution in [3.63, 3.8) is 0 Å². The number of nitrogens with zero attached hydrogens (tertiary/aromatic N) is 1. The first-order valence-corrected chi connectivity index (χ1v) is 9.08. The van der Waals surface area contributed by atoms with Gasteiger partial charge in [-0.25, -0.2) is 9.78 Å². The first-order valence-electron chi connectivity index (χ1n) is 8.20. The van der Waals surface area contributed by atoms with Crippen LogP contribution in [0.3, 0.4) is 0 Å². The van der Waals surface area contributed by atoms with Crippen molar-refractivity contribution in [3.05, 3.63) is 70.7 Å². The lowest BCUT2D eigenvalue weighted by Crippen LogP contribution is -2.22. The van der Waals surface area contributed by atoms with Crippen LogP contribution in [0.5, 0.6) is 5.75 Å². The number of aromatic nitrogens is 1. The average molecular weight is 366 g/mol. The standard InChI is InChI=1S/C20H18N2O3S/c1-3-21-18(23)14-8-10-17(11-9-14)25-20(24)16-6-4-15(5-7-16)19-22-13(2)12-26-19/h4-12H,3H2,1-2H3,(H,21,23). The second kappa shape index (κ2) is 7.93. The van der Waals surface area contributed by atoms with Crippen LogP contribution in [0.1, 0.15) is 33.3 Å². The van der Waals surface area contributed by atoms with Crippen LogP contribution in [0.25, 0.3) is 10.6 Å². The van der Waals surface area contributed by atoms with Crippen LogP contribution in [-0.2, 0) is 0 Å². The number of carbonyl (C=O) groups is 2. The highest BCUT2D eigenvalue weighted by Gasteiger charge is 2.11. The highest BCUT2D eigenvalue weighted by atomic mass is 32.1. The molecule has 1 aromatic heterocycles. The zero-order chi connectivity index (χ0) is 18.5. The highest BCUT2D eigenvalue weighted by Crippen LogP contribution is 2.24. The number of carbonyl (C=O) groups excluding carboxylic acids is 2. The van der Waals surface area contributed by atoms with E-state index in [1.165, 1.54) is 0 Å². The molecular weight excluding hydrogens is 348 g/mol. The Bertz CT molecular complexity index is 915. The van der Waals surface area contributed by atoms with E-state index in [2.05, 4.69) is 10.3 Å². The molecule has 132 valence electrons. The SMILES string of the molecule is CCNC(=O)c1ccc(OC(=O)c2ccc(-c3nc(C)cs3)cc2)cc1. The van der Waals surface area contributed by atoms with Crippen LogP contribution in [0.2, 0.25) is 0 Å². The van der Waals surface area contributed by atoms with Gasteiger partial charge in [-0.05, 0) is 50.2 Å². The molecule has 1 amide bonds. The average Bonchev–Trinajstić information content (AvgIpc) is 3.09. The molecule has 0 saturated carbocycles. The predicted molar refractivity (Wildman–Crippen MR) is 102 cm³/mol. The van der Waals surface area contributed by atoms with Gasteiger partial charge in [0.05, 0.1) is 5.56 Å². The topological polar surface area (TPSA) is 68.3 Å². The van der Waals surface area contributed by atoms with Gasteiger partial charge in [0.25, 0.3) is 5.91 Å². The fraction of sp³-hybridized carbons (Fsp3) is 0.150. The van der Waals surface area contributed by atoms with E-state index in [4.69, 9.17) is 4.74 Å². The third-order valence-corrected chi connectivity index (χ3v) is 4.66. The van der Waals surface area contributed by atoms with Gasteiger partial charge in [0.2, 0.25) is 0 Å². The number of benzene rings is 2. The van der Waals surface area contributed by atoms with Crippen molar-refractivity contribution in [1.82, 2.24) is 10.3 Å². The summed E-state index contributed by atoms with van der Waals surface area (Å²) >= 11 is 1.57. The summed E-state index contributed by atoms with van der Waals surface area (Å²) in [6.07, 6.45) is 0. The third kappa shape index (κ3) is 4.15. The molecule has 3 aromatic rings. The largest absolute Gasteiger partial charge is 0.423 e. The normalized spacial score (nSPS) is 10.4. The molecule has 0 radical (unpaired) electrons. The highest BCUT2D eigenvalue weighted by molar-refractivity contribution is 7.13. The van der Waals surface area contributed by atoms with Gasteiger partial charge in [0.15, 0.2) is 0 Å². The predicted octanol–water partition coefficient (Wildman–Crippen LogP) is 4.09. The van der Waals surface area contributed by atoms with E-state index < -0.39 is 5.97 Å². The fourth-order valence-electron chi connectivity index (χ4n) is 2.34. The van der Waals surface area contributed by atoms with Gasteiger partial charge in [-0.3, -0.25) is 4.79 Å². The molecule has 2 aromatic carbocycles. The Kier molecular flexibility index (Phi) is 5.43. The second-order valence-corrected chi connectivity index (χ2v) is 6.50. The maximum absolute atomic E-state index is 12.3. The number of esters is 1. The van der Waals surface area contributed by atoms with Crippen LogP contribution in [0, 0.1) is 6.92 Å². The molecule has 26 heavy (non-hydrogen) atoms. The molecule has 0 aliphatic rings. The fourth-order valence-corrected chi connectivity index (χ4v) is 3.14. The van der Waals surface area contributed by atoms with Crippen LogP contribution < -0.4 is 10.1 Å². The molecule has 6 heteroatoms. The van der Waals surface area contributed by atoms with Crippen molar-refractivity contribution in [2.45, 2.75) is 13.8 Å². The van der Waals surface area contributed by atoms with Crippen molar-refractivity contribution in [2.24, 2.45) is 0 Å². The Morgan fingerprint density at radius 1 is 1.04 bits per heavy atom. The molecule has 0 aliphatic heterocycles. The summed E-state index contributed by atoms with van der Waals surface area (Å²) in [5, 5.41) is 5.63. The summed E-state index contributed by atoms with van der Waals surface area (Å²) in [7, 11) is 0. The Balaban J connectivity index is 1.67. The summed E-state index contributed by atoms with van der Waals surface area (Å²) in [6, 6.07) is 13.6. The Morgan fingerprint density at radius 2 is 1.69 bits per heavy atom. The molecule has 0 atom stereocenters. The van der Waals surface area contributed by atoms with Crippen LogP contribution in [0.4, 0.5) is 0 Å². The number of amides is 1. The van der Waals surface area contributed by atoms with Crippen molar-refractivity contribution >= 4 is 23.2 Å². The van der Waals surface area contributed by atoms with E-state index in [-0.39, 0.29) is 5.91 Å². The maximum Gasteiger partial charge on any atom is 0.343 e. The number of nitrogens with one attached hydrogen (secondary N) is 1. The van der Waals surface area contributed by atoms with Gasteiger partial charge in [0.1, 0.15) is 10.8 Å². The molecule has 0 saturated heterocycles. The van der Waals surface area contributed by atoms with Gasteiger partial charge in [0, 0.05) is 28.7 Å². The zero-order valence-electron chi connectivity index (χ0n) is 14.5. The second-order valence-electron chi connectivity index (χ2n) is 5.64. The van der Waals surface area contributed by atoms with E-state index in [0.717, 1.165) is 16.3 Å². The molecule has 1 heterocycles. The number of hydrogen-bond donors (Lipinski definition) is 1. The Hall–Kier alpha value is -2.99. The van der Waals surface area contributed by atoms with Gasteiger partial charge in [-0.1, -0.05) is 12.1 Å². The summed E-state index contributed by atoms with van der Waals surface area (Å²) in [5.41, 5.74) is 2.92. The van der Waals surface area contributed by atoms with Gasteiger partial charge in [-0.15, -0.1) is 11.3 Å². The summed E-state index contributed by atoms with van der Waals surface area (Å²) < 4.78 is 5.36. The first-order chi connectivity index (χ1) is 12.6. The summed E-state index contributed by atoms with van der Waals surface area (Å²) in [4.78, 5) is 28.4. The zero-order valence-corrected chi connectivity index (χ0v) is 15.3. The molecule has 5 nitrogen and oxygen atoms in total. The molecule has 1 N–H and O–H groups in total. The smallest absolute Gasteiger partial charge is 0.343 e. The number of hydrogen-bond acceptors (Lipinski definition) is 5. The Morgan fingerprint density at radius 3 is 2.27 bits per heavy atom. The summed E-state index contributed by atoms with van der Waals surface area (Å²) in [5.74, 6) is -0.210. The number of aryl methyl sites for hydroxylation is 1. The van der Waals surface area contributed by atoms with E-state index in [1.807, 2.05) is 31.4 Å². The van der Waals surface area contributed by atoms with E-state index in [9.17, 15) is 9.59 Å². The molecular formula is C20H18N2O3S. The molecule has 0 unspecified atom stereocenters. The van der Waals surface area contributed by atoms with Gasteiger partial charge < -0.3 is 10.1 Å². The van der Waals surface area contributed by atoms with Crippen molar-refractivity contribution < 1.29 is 14.3 Å². The molecule has 3 rings (SSSR count). The minimum atomic E-state index is -0.447. The summed E-state index contributed by atoms with van der Waals surface area (Å²) in [6.45, 7) is 4.37. The van der Waals surface area contributed by atoms with Crippen LogP contribution >= 0.6 is 11.3 Å². The Labute approximate surface area is 155 Å². The van der Waals surface area contributed by atoms with E-state index in [0.29, 0.717) is 23.4 Å². The third-order valence-electron chi connectivity index (χ3n) is 3.65. The van der Waals surface area contributed by atoms with Crippen molar-refractivity contribution in [3.8, 4) is 16.3 Å². The van der Waals surface area contributed by atoms with Crippen molar-refractivity contribution in [2.75, 3.05) is 6.54 Å².